The molecule has 4 heteroatoms. The van der Waals surface area contributed by atoms with Crippen LogP contribution in [-0.2, 0) is 6.42 Å². The van der Waals surface area contributed by atoms with Gasteiger partial charge in [-0.3, -0.25) is 0 Å². The van der Waals surface area contributed by atoms with Crippen molar-refractivity contribution in [1.82, 2.24) is 8.97 Å². The topological polar surface area (TPSA) is 15.8 Å². The summed E-state index contributed by atoms with van der Waals surface area (Å²) in [5.74, 6) is 0.255. The third-order valence-corrected chi connectivity index (χ3v) is 14.4. The Morgan fingerprint density at radius 1 is 0.661 bits per heavy atom. The Morgan fingerprint density at radius 3 is 2.27 bits per heavy atom. The fourth-order valence-electron chi connectivity index (χ4n) is 11.6. The van der Waals surface area contributed by atoms with Crippen LogP contribution >= 0.6 is 0 Å². The van der Waals surface area contributed by atoms with Gasteiger partial charge in [-0.25, -0.2) is 0 Å². The molecule has 300 valence electrons. The van der Waals surface area contributed by atoms with Crippen molar-refractivity contribution in [3.8, 4) is 5.69 Å². The second-order valence-electron chi connectivity index (χ2n) is 17.6. The standard InChI is InChI=1S/C58H48N4/c1-3-37-27-31-41(32-28-37)59(39-15-7-5-8-16-39)49-23-13-25-51-55(49)45-21-11-19-43-47-36-54-48(35-53(47)61(51)57(43)45)44-20-12-22-46-56-50(24-14-26-52(56)62(54)58(44)46)60(40-17-9-6-10-18-40)42-33-29-38(4-2)30-34-42/h5-9,11-17,19-20,22-33,35-36,42,45H,3-4,10,18,21,34H2,1-2H3. The number of anilines is 4. The SMILES string of the molecule is CCC1=CCC(N(C2=CC=CCC2)c2cccc3c2c2cccc4c5cc6c(cc5n3c42)c2c3n6-c4cccc(N(c5ccccc5)c5ccc(CC)cc5)c4C3CC=C2)C=C1. The summed E-state index contributed by atoms with van der Waals surface area (Å²) in [6, 6.07) is 46.3. The van der Waals surface area contributed by atoms with Gasteiger partial charge in [0.2, 0.25) is 0 Å². The maximum absolute atomic E-state index is 2.66. The predicted octanol–water partition coefficient (Wildman–Crippen LogP) is 15.4. The number of rotatable bonds is 8. The van der Waals surface area contributed by atoms with E-state index < -0.39 is 0 Å². The zero-order valence-corrected chi connectivity index (χ0v) is 35.4. The number of benzene rings is 6. The molecular formula is C58H48N4. The summed E-state index contributed by atoms with van der Waals surface area (Å²) in [4.78, 5) is 5.13. The summed E-state index contributed by atoms with van der Waals surface area (Å²) in [5.41, 5.74) is 19.8. The fraction of sp³-hybridized carbons (Fsp3) is 0.172. The van der Waals surface area contributed by atoms with Crippen LogP contribution in [-0.4, -0.2) is 15.0 Å². The second-order valence-corrected chi connectivity index (χ2v) is 17.6. The van der Waals surface area contributed by atoms with E-state index in [1.807, 2.05) is 0 Å². The summed E-state index contributed by atoms with van der Waals surface area (Å²) >= 11 is 0. The van der Waals surface area contributed by atoms with Gasteiger partial charge in [0.25, 0.3) is 0 Å². The van der Waals surface area contributed by atoms with E-state index in [2.05, 4.69) is 203 Å². The van der Waals surface area contributed by atoms with Crippen molar-refractivity contribution in [2.45, 2.75) is 64.3 Å². The Morgan fingerprint density at radius 2 is 1.47 bits per heavy atom. The average molecular weight is 801 g/mol. The van der Waals surface area contributed by atoms with Crippen LogP contribution < -0.4 is 9.80 Å². The average Bonchev–Trinajstić information content (AvgIpc) is 4.06. The summed E-state index contributed by atoms with van der Waals surface area (Å²) in [7, 11) is 0. The van der Waals surface area contributed by atoms with Gasteiger partial charge in [0.1, 0.15) is 0 Å². The lowest BCUT2D eigenvalue weighted by molar-refractivity contribution is 0.717. The highest BCUT2D eigenvalue weighted by molar-refractivity contribution is 6.27. The van der Waals surface area contributed by atoms with Crippen LogP contribution in [0.3, 0.4) is 0 Å². The molecule has 4 aliphatic rings. The molecule has 0 radical (unpaired) electrons. The molecule has 4 heterocycles. The van der Waals surface area contributed by atoms with Crippen LogP contribution in [0.5, 0.6) is 0 Å². The van der Waals surface area contributed by atoms with E-state index in [0.29, 0.717) is 0 Å². The Kier molecular flexibility index (Phi) is 7.91. The highest BCUT2D eigenvalue weighted by atomic mass is 15.2. The van der Waals surface area contributed by atoms with Crippen LogP contribution in [0.25, 0.3) is 60.8 Å². The van der Waals surface area contributed by atoms with Crippen molar-refractivity contribution in [3.63, 3.8) is 0 Å². The van der Waals surface area contributed by atoms with Crippen LogP contribution in [0.2, 0.25) is 0 Å². The first kappa shape index (κ1) is 35.7. The van der Waals surface area contributed by atoms with Gasteiger partial charge < -0.3 is 18.8 Å². The Labute approximate surface area is 362 Å². The van der Waals surface area contributed by atoms with Gasteiger partial charge in [0, 0.05) is 66.7 Å². The first-order valence-corrected chi connectivity index (χ1v) is 22.8. The lowest BCUT2D eigenvalue weighted by atomic mass is 9.86. The highest BCUT2D eigenvalue weighted by Crippen LogP contribution is 2.55. The Hall–Kier alpha value is -7.04. The molecule has 3 aromatic heterocycles. The smallest absolute Gasteiger partial charge is 0.0621 e. The molecule has 3 aliphatic carbocycles. The molecule has 0 spiro atoms. The minimum absolute atomic E-state index is 0.255. The molecule has 4 nitrogen and oxygen atoms in total. The zero-order valence-electron chi connectivity index (χ0n) is 35.4. The largest absolute Gasteiger partial charge is 0.337 e. The van der Waals surface area contributed by atoms with E-state index in [1.165, 1.54) is 111 Å². The van der Waals surface area contributed by atoms with Crippen LogP contribution in [0.1, 0.15) is 74.3 Å². The number of hydrogen-bond donors (Lipinski definition) is 0. The van der Waals surface area contributed by atoms with E-state index in [-0.39, 0.29) is 12.0 Å². The van der Waals surface area contributed by atoms with Gasteiger partial charge in [0.15, 0.2) is 0 Å². The minimum atomic E-state index is 0.255. The third kappa shape index (κ3) is 5.01. The maximum Gasteiger partial charge on any atom is 0.0621 e. The van der Waals surface area contributed by atoms with Crippen molar-refractivity contribution in [1.29, 1.82) is 0 Å². The molecule has 0 amide bonds. The molecule has 0 bridgehead atoms. The minimum Gasteiger partial charge on any atom is -0.337 e. The second kappa shape index (κ2) is 13.7. The van der Waals surface area contributed by atoms with Gasteiger partial charge in [-0.1, -0.05) is 123 Å². The fourth-order valence-corrected chi connectivity index (χ4v) is 11.6. The number of para-hydroxylation sites is 2. The van der Waals surface area contributed by atoms with Gasteiger partial charge in [0.05, 0.1) is 45.2 Å². The highest BCUT2D eigenvalue weighted by Gasteiger charge is 2.38. The quantitative estimate of drug-likeness (QED) is 0.152. The van der Waals surface area contributed by atoms with E-state index >= 15 is 0 Å². The molecule has 2 atom stereocenters. The van der Waals surface area contributed by atoms with Gasteiger partial charge in [-0.05, 0) is 111 Å². The summed E-state index contributed by atoms with van der Waals surface area (Å²) in [5, 5.41) is 6.63. The monoisotopic (exact) mass is 800 g/mol. The molecule has 9 aromatic rings. The number of allylic oxidation sites excluding steroid dienone is 7. The predicted molar refractivity (Wildman–Crippen MR) is 262 cm³/mol. The molecule has 0 saturated carbocycles. The number of hydrogen-bond acceptors (Lipinski definition) is 2. The van der Waals surface area contributed by atoms with Gasteiger partial charge >= 0.3 is 0 Å². The van der Waals surface area contributed by atoms with Crippen LogP contribution in [0.15, 0.2) is 175 Å². The zero-order chi connectivity index (χ0) is 41.1. The van der Waals surface area contributed by atoms with Crippen LogP contribution in [0.4, 0.5) is 22.7 Å². The van der Waals surface area contributed by atoms with E-state index in [9.17, 15) is 0 Å². The number of aromatic nitrogens is 2. The molecule has 1 aliphatic heterocycles. The molecule has 0 saturated heterocycles. The lowest BCUT2D eigenvalue weighted by Crippen LogP contribution is -2.34. The lowest BCUT2D eigenvalue weighted by Gasteiger charge is -2.36. The van der Waals surface area contributed by atoms with Gasteiger partial charge in [-0.15, -0.1) is 0 Å². The van der Waals surface area contributed by atoms with Crippen molar-refractivity contribution >= 4 is 77.8 Å². The van der Waals surface area contributed by atoms with Crippen molar-refractivity contribution in [2.24, 2.45) is 0 Å². The molecule has 0 fully saturated rings. The van der Waals surface area contributed by atoms with E-state index in [1.54, 1.807) is 0 Å². The molecule has 0 N–H and O–H groups in total. The molecule has 2 unspecified atom stereocenters. The van der Waals surface area contributed by atoms with Crippen molar-refractivity contribution in [3.05, 3.63) is 198 Å². The summed E-state index contributed by atoms with van der Waals surface area (Å²) < 4.78 is 5.20. The molecule has 13 rings (SSSR count). The van der Waals surface area contributed by atoms with Crippen LogP contribution in [0, 0.1) is 0 Å². The number of aryl methyl sites for hydroxylation is 1. The molecular weight excluding hydrogens is 753 g/mol. The normalized spacial score (nSPS) is 17.7. The maximum atomic E-state index is 2.66. The third-order valence-electron chi connectivity index (χ3n) is 14.4. The summed E-state index contributed by atoms with van der Waals surface area (Å²) in [6.45, 7) is 4.48. The Bertz CT molecular complexity index is 3440. The first-order valence-electron chi connectivity index (χ1n) is 22.8. The molecule has 62 heavy (non-hydrogen) atoms. The van der Waals surface area contributed by atoms with Crippen molar-refractivity contribution in [2.75, 3.05) is 9.80 Å². The number of fused-ring (bicyclic) bond motifs is 12. The molecule has 6 aromatic carbocycles. The van der Waals surface area contributed by atoms with E-state index in [0.717, 1.165) is 38.5 Å². The Balaban J connectivity index is 1.03. The summed E-state index contributed by atoms with van der Waals surface area (Å²) in [6.07, 6.45) is 25.2. The van der Waals surface area contributed by atoms with Crippen molar-refractivity contribution < 1.29 is 0 Å². The van der Waals surface area contributed by atoms with E-state index in [4.69, 9.17) is 0 Å². The van der Waals surface area contributed by atoms with Gasteiger partial charge in [-0.2, -0.15) is 0 Å². The number of nitrogens with zero attached hydrogens (tertiary/aromatic N) is 4. The first-order chi connectivity index (χ1) is 30.7.